The Bertz CT molecular complexity index is 1700. The lowest BCUT2D eigenvalue weighted by Gasteiger charge is -2.24. The second-order valence-corrected chi connectivity index (χ2v) is 11.1. The van der Waals surface area contributed by atoms with Crippen molar-refractivity contribution in [2.24, 2.45) is 5.10 Å². The number of carbonyl (C=O) groups is 2. The first-order chi connectivity index (χ1) is 21.7. The number of halogens is 6. The Morgan fingerprint density at radius 1 is 0.978 bits per heavy atom. The van der Waals surface area contributed by atoms with Crippen LogP contribution < -0.4 is 15.5 Å². The van der Waals surface area contributed by atoms with E-state index < -0.39 is 41.3 Å². The van der Waals surface area contributed by atoms with Gasteiger partial charge in [0.05, 0.1) is 28.5 Å². The summed E-state index contributed by atoms with van der Waals surface area (Å²) in [4.78, 5) is 32.3. The van der Waals surface area contributed by atoms with Gasteiger partial charge in [-0.05, 0) is 48.0 Å². The summed E-state index contributed by atoms with van der Waals surface area (Å²) in [6.07, 6.45) is -7.48. The molecule has 0 unspecified atom stereocenters. The van der Waals surface area contributed by atoms with Crippen molar-refractivity contribution in [1.29, 1.82) is 0 Å². The van der Waals surface area contributed by atoms with Crippen LogP contribution in [0.2, 0.25) is 0 Å². The molecule has 0 bridgehead atoms. The number of pyridine rings is 1. The monoisotopic (exact) mass is 663 g/mol. The number of nitrogens with one attached hydrogen (secondary N) is 2. The number of amides is 2. The molecule has 0 radical (unpaired) electrons. The average molecular weight is 664 g/mol. The van der Waals surface area contributed by atoms with Crippen molar-refractivity contribution in [1.82, 2.24) is 15.3 Å². The molecule has 1 atom stereocenters. The van der Waals surface area contributed by atoms with Crippen molar-refractivity contribution < 1.29 is 40.7 Å². The SMILES string of the molecule is CN(C)C(=O)C[C@H](CSc1ccccc1)Nc1c(C(=O)N/N=C/c2ccc(OC(F)(F)F)cc2)cnc2c(C(F)(F)F)cccc12. The number of nitrogens with zero attached hydrogens (tertiary/aromatic N) is 3. The lowest BCUT2D eigenvalue weighted by atomic mass is 10.0. The number of anilines is 1. The number of rotatable bonds is 11. The third kappa shape index (κ3) is 9.36. The number of hydrogen-bond donors (Lipinski definition) is 2. The Morgan fingerprint density at radius 3 is 2.30 bits per heavy atom. The van der Waals surface area contributed by atoms with Gasteiger partial charge in [0.2, 0.25) is 5.91 Å². The topological polar surface area (TPSA) is 95.9 Å². The van der Waals surface area contributed by atoms with E-state index in [2.05, 4.69) is 25.6 Å². The molecule has 242 valence electrons. The van der Waals surface area contributed by atoms with Crippen molar-refractivity contribution in [2.45, 2.75) is 29.9 Å². The second-order valence-electron chi connectivity index (χ2n) is 10.0. The van der Waals surface area contributed by atoms with Crippen LogP contribution in [0.4, 0.5) is 32.0 Å². The summed E-state index contributed by atoms with van der Waals surface area (Å²) in [5.74, 6) is -1.21. The summed E-state index contributed by atoms with van der Waals surface area (Å²) in [5, 5.41) is 6.98. The minimum absolute atomic E-state index is 0.00118. The third-order valence-corrected chi connectivity index (χ3v) is 7.58. The van der Waals surface area contributed by atoms with E-state index in [-0.39, 0.29) is 29.0 Å². The van der Waals surface area contributed by atoms with Crippen LogP contribution in [0.1, 0.15) is 27.9 Å². The van der Waals surface area contributed by atoms with Crippen molar-refractivity contribution in [3.05, 3.63) is 95.7 Å². The Labute approximate surface area is 263 Å². The molecule has 0 aliphatic heterocycles. The number of fused-ring (bicyclic) bond motifs is 1. The van der Waals surface area contributed by atoms with Gasteiger partial charge in [-0.15, -0.1) is 24.9 Å². The van der Waals surface area contributed by atoms with E-state index in [4.69, 9.17) is 0 Å². The van der Waals surface area contributed by atoms with E-state index in [1.54, 1.807) is 14.1 Å². The zero-order chi connectivity index (χ0) is 33.5. The molecule has 0 saturated carbocycles. The van der Waals surface area contributed by atoms with E-state index in [1.165, 1.54) is 40.9 Å². The summed E-state index contributed by atoms with van der Waals surface area (Å²) in [7, 11) is 3.16. The largest absolute Gasteiger partial charge is 0.573 e. The number of ether oxygens (including phenoxy) is 1. The van der Waals surface area contributed by atoms with E-state index in [0.717, 1.165) is 35.5 Å². The predicted molar refractivity (Wildman–Crippen MR) is 163 cm³/mol. The average Bonchev–Trinajstić information content (AvgIpc) is 2.99. The van der Waals surface area contributed by atoms with Crippen LogP contribution in [0.5, 0.6) is 5.75 Å². The van der Waals surface area contributed by atoms with Gasteiger partial charge in [-0.2, -0.15) is 18.3 Å². The van der Waals surface area contributed by atoms with Gasteiger partial charge in [0.1, 0.15) is 5.75 Å². The number of hydrogen-bond acceptors (Lipinski definition) is 7. The maximum atomic E-state index is 13.9. The summed E-state index contributed by atoms with van der Waals surface area (Å²) >= 11 is 1.42. The van der Waals surface area contributed by atoms with E-state index in [0.29, 0.717) is 11.3 Å². The summed E-state index contributed by atoms with van der Waals surface area (Å²) < 4.78 is 82.8. The number of hydrazone groups is 1. The third-order valence-electron chi connectivity index (χ3n) is 6.40. The molecule has 0 saturated heterocycles. The number of carbonyl (C=O) groups excluding carboxylic acids is 2. The molecular formula is C31H27F6N5O3S. The van der Waals surface area contributed by atoms with Crippen LogP contribution in [0.15, 0.2) is 89.0 Å². The second kappa shape index (κ2) is 14.5. The lowest BCUT2D eigenvalue weighted by molar-refractivity contribution is -0.274. The molecular weight excluding hydrogens is 636 g/mol. The van der Waals surface area contributed by atoms with Crippen molar-refractivity contribution in [2.75, 3.05) is 25.2 Å². The standard InChI is InChI=1S/C31H27F6N5O3S/c1-42(2)26(43)15-20(18-46-22-7-4-3-5-8-22)40-27-23-9-6-10-25(30(32,33)34)28(23)38-17-24(27)29(44)41-39-16-19-11-13-21(14-12-19)45-31(35,36)37/h3-14,16-17,20H,15,18H2,1-2H3,(H,38,40)(H,41,44)/b39-16+/t20-/m1/s1. The van der Waals surface area contributed by atoms with E-state index >= 15 is 0 Å². The van der Waals surface area contributed by atoms with E-state index in [9.17, 15) is 35.9 Å². The van der Waals surface area contributed by atoms with Crippen LogP contribution in [0.3, 0.4) is 0 Å². The van der Waals surface area contributed by atoms with Gasteiger partial charge < -0.3 is 15.0 Å². The molecule has 3 aromatic carbocycles. The summed E-state index contributed by atoms with van der Waals surface area (Å²) in [6, 6.07) is 16.8. The molecule has 4 rings (SSSR count). The normalized spacial score (nSPS) is 12.6. The predicted octanol–water partition coefficient (Wildman–Crippen LogP) is 6.97. The highest BCUT2D eigenvalue weighted by atomic mass is 32.2. The Kier molecular flexibility index (Phi) is 10.8. The molecule has 0 aliphatic rings. The highest BCUT2D eigenvalue weighted by Crippen LogP contribution is 2.37. The molecule has 2 amide bonds. The number of aromatic nitrogens is 1. The Morgan fingerprint density at radius 2 is 1.67 bits per heavy atom. The van der Waals surface area contributed by atoms with Gasteiger partial charge in [-0.25, -0.2) is 5.43 Å². The molecule has 0 aliphatic carbocycles. The summed E-state index contributed by atoms with van der Waals surface area (Å²) in [5.41, 5.74) is 1.06. The summed E-state index contributed by atoms with van der Waals surface area (Å²) in [6.45, 7) is 0. The number of para-hydroxylation sites is 1. The van der Waals surface area contributed by atoms with Crippen molar-refractivity contribution in [3.8, 4) is 5.75 Å². The first-order valence-corrected chi connectivity index (χ1v) is 14.5. The van der Waals surface area contributed by atoms with Gasteiger partial charge in [0, 0.05) is 48.8 Å². The molecule has 4 aromatic rings. The van der Waals surface area contributed by atoms with Crippen LogP contribution >= 0.6 is 11.8 Å². The zero-order valence-electron chi connectivity index (χ0n) is 24.3. The molecule has 0 fully saturated rings. The minimum Gasteiger partial charge on any atom is -0.406 e. The van der Waals surface area contributed by atoms with Crippen molar-refractivity contribution in [3.63, 3.8) is 0 Å². The Hall–Kier alpha value is -4.79. The quantitative estimate of drug-likeness (QED) is 0.0780. The smallest absolute Gasteiger partial charge is 0.406 e. The highest BCUT2D eigenvalue weighted by Gasteiger charge is 2.34. The van der Waals surface area contributed by atoms with Gasteiger partial charge >= 0.3 is 12.5 Å². The van der Waals surface area contributed by atoms with Crippen LogP contribution in [-0.2, 0) is 11.0 Å². The minimum atomic E-state index is -4.86. The fraction of sp³-hybridized carbons (Fsp3) is 0.226. The molecule has 1 aromatic heterocycles. The Balaban J connectivity index is 1.67. The van der Waals surface area contributed by atoms with Crippen LogP contribution in [-0.4, -0.2) is 60.2 Å². The zero-order valence-corrected chi connectivity index (χ0v) is 25.1. The van der Waals surface area contributed by atoms with Gasteiger partial charge in [0.15, 0.2) is 0 Å². The first kappa shape index (κ1) is 34.1. The molecule has 8 nitrogen and oxygen atoms in total. The van der Waals surface area contributed by atoms with Gasteiger partial charge in [-0.1, -0.05) is 30.3 Å². The lowest BCUT2D eigenvalue weighted by Crippen LogP contribution is -2.33. The van der Waals surface area contributed by atoms with Gasteiger partial charge in [0.25, 0.3) is 5.91 Å². The fourth-order valence-electron chi connectivity index (χ4n) is 4.22. The molecule has 2 N–H and O–H groups in total. The van der Waals surface area contributed by atoms with Crippen LogP contribution in [0, 0.1) is 0 Å². The number of alkyl halides is 6. The molecule has 15 heteroatoms. The fourth-order valence-corrected chi connectivity index (χ4v) is 5.17. The first-order valence-electron chi connectivity index (χ1n) is 13.5. The van der Waals surface area contributed by atoms with Crippen molar-refractivity contribution >= 4 is 46.4 Å². The molecule has 0 spiro atoms. The van der Waals surface area contributed by atoms with Gasteiger partial charge in [-0.3, -0.25) is 14.6 Å². The highest BCUT2D eigenvalue weighted by molar-refractivity contribution is 7.99. The molecule has 1 heterocycles. The number of benzene rings is 3. The van der Waals surface area contributed by atoms with Crippen LogP contribution in [0.25, 0.3) is 10.9 Å². The van der Waals surface area contributed by atoms with E-state index in [1.807, 2.05) is 30.3 Å². The maximum absolute atomic E-state index is 13.9. The maximum Gasteiger partial charge on any atom is 0.573 e. The molecule has 46 heavy (non-hydrogen) atoms. The number of thioether (sulfide) groups is 1.